The summed E-state index contributed by atoms with van der Waals surface area (Å²) in [6.45, 7) is 3.60. The Hall–Kier alpha value is -2.06. The molecule has 1 aromatic rings. The molecule has 1 fully saturated rings. The molecule has 5 heteroatoms. The summed E-state index contributed by atoms with van der Waals surface area (Å²) in [5, 5.41) is 11.5. The van der Waals surface area contributed by atoms with Crippen LogP contribution < -0.4 is 10.1 Å². The minimum Gasteiger partial charge on any atom is -0.494 e. The second-order valence-corrected chi connectivity index (χ2v) is 4.46. The van der Waals surface area contributed by atoms with Crippen molar-refractivity contribution in [2.45, 2.75) is 6.42 Å². The molecule has 1 N–H and O–H groups in total. The van der Waals surface area contributed by atoms with Gasteiger partial charge in [0.2, 0.25) is 5.91 Å². The van der Waals surface area contributed by atoms with Gasteiger partial charge in [-0.05, 0) is 30.7 Å². The molecule has 1 aromatic carbocycles. The van der Waals surface area contributed by atoms with Gasteiger partial charge in [-0.3, -0.25) is 9.69 Å². The molecule has 0 saturated carbocycles. The zero-order valence-electron chi connectivity index (χ0n) is 10.8. The van der Waals surface area contributed by atoms with Gasteiger partial charge >= 0.3 is 0 Å². The van der Waals surface area contributed by atoms with Crippen LogP contribution in [0.15, 0.2) is 24.3 Å². The third kappa shape index (κ3) is 4.27. The van der Waals surface area contributed by atoms with E-state index in [1.165, 1.54) is 0 Å². The predicted molar refractivity (Wildman–Crippen MR) is 70.7 cm³/mol. The van der Waals surface area contributed by atoms with Gasteiger partial charge in [-0.25, -0.2) is 0 Å². The first-order chi connectivity index (χ1) is 9.28. The lowest BCUT2D eigenvalue weighted by molar-refractivity contribution is -0.124. The van der Waals surface area contributed by atoms with E-state index in [1.807, 2.05) is 0 Å². The molecule has 1 heterocycles. The Morgan fingerprint density at radius 1 is 1.37 bits per heavy atom. The van der Waals surface area contributed by atoms with Crippen molar-refractivity contribution in [1.82, 2.24) is 10.2 Å². The minimum absolute atomic E-state index is 0.0965. The van der Waals surface area contributed by atoms with Crippen molar-refractivity contribution < 1.29 is 9.53 Å². The summed E-state index contributed by atoms with van der Waals surface area (Å²) in [6, 6.07) is 9.15. The van der Waals surface area contributed by atoms with Gasteiger partial charge in [0.25, 0.3) is 0 Å². The normalized spacial score (nSPS) is 15.6. The maximum absolute atomic E-state index is 11.2. The molecule has 0 atom stereocenters. The van der Waals surface area contributed by atoms with Crippen molar-refractivity contribution >= 4 is 5.91 Å². The highest BCUT2D eigenvalue weighted by atomic mass is 16.5. The number of rotatable bonds is 5. The summed E-state index contributed by atoms with van der Waals surface area (Å²) in [5.41, 5.74) is 0.631. The molecule has 1 amide bonds. The van der Waals surface area contributed by atoms with Crippen molar-refractivity contribution in [3.05, 3.63) is 29.8 Å². The summed E-state index contributed by atoms with van der Waals surface area (Å²) < 4.78 is 5.59. The average Bonchev–Trinajstić information content (AvgIpc) is 2.44. The Labute approximate surface area is 112 Å². The zero-order chi connectivity index (χ0) is 13.5. The Kier molecular flexibility index (Phi) is 4.76. The first-order valence-corrected chi connectivity index (χ1v) is 6.40. The van der Waals surface area contributed by atoms with E-state index in [9.17, 15) is 4.79 Å². The quantitative estimate of drug-likeness (QED) is 0.793. The first-order valence-electron chi connectivity index (χ1n) is 6.40. The maximum atomic E-state index is 11.2. The number of carbonyl (C=O) groups is 1. The zero-order valence-corrected chi connectivity index (χ0v) is 10.8. The molecule has 0 aliphatic carbocycles. The molecular formula is C14H17N3O2. The molecule has 0 unspecified atom stereocenters. The molecule has 1 aliphatic rings. The highest BCUT2D eigenvalue weighted by molar-refractivity contribution is 5.78. The van der Waals surface area contributed by atoms with Gasteiger partial charge in [0.15, 0.2) is 0 Å². The number of piperazine rings is 1. The molecule has 0 spiro atoms. The second-order valence-electron chi connectivity index (χ2n) is 4.46. The first kappa shape index (κ1) is 13.4. The van der Waals surface area contributed by atoms with Crippen LogP contribution >= 0.6 is 0 Å². The monoisotopic (exact) mass is 259 g/mol. The SMILES string of the molecule is N#Cc1ccc(OCCCN2CCNC(=O)C2)cc1. The Bertz CT molecular complexity index is 465. The largest absolute Gasteiger partial charge is 0.494 e. The summed E-state index contributed by atoms with van der Waals surface area (Å²) >= 11 is 0. The predicted octanol–water partition coefficient (Wildman–Crippen LogP) is 0.759. The van der Waals surface area contributed by atoms with Crippen LogP contribution in [0.5, 0.6) is 5.75 Å². The van der Waals surface area contributed by atoms with Crippen LogP contribution in [0.1, 0.15) is 12.0 Å². The molecule has 0 radical (unpaired) electrons. The van der Waals surface area contributed by atoms with E-state index in [0.717, 1.165) is 31.8 Å². The third-order valence-electron chi connectivity index (χ3n) is 2.99. The van der Waals surface area contributed by atoms with Crippen molar-refractivity contribution in [3.63, 3.8) is 0 Å². The van der Waals surface area contributed by atoms with Gasteiger partial charge in [-0.1, -0.05) is 0 Å². The van der Waals surface area contributed by atoms with Crippen LogP contribution in [-0.4, -0.2) is 43.6 Å². The third-order valence-corrected chi connectivity index (χ3v) is 2.99. The molecule has 1 saturated heterocycles. The number of nitrogens with zero attached hydrogens (tertiary/aromatic N) is 2. The lowest BCUT2D eigenvalue weighted by Gasteiger charge is -2.26. The molecule has 2 rings (SSSR count). The lowest BCUT2D eigenvalue weighted by atomic mass is 10.2. The Morgan fingerprint density at radius 3 is 2.84 bits per heavy atom. The van der Waals surface area contributed by atoms with E-state index in [2.05, 4.69) is 16.3 Å². The highest BCUT2D eigenvalue weighted by Gasteiger charge is 2.14. The molecular weight excluding hydrogens is 242 g/mol. The van der Waals surface area contributed by atoms with Gasteiger partial charge in [-0.15, -0.1) is 0 Å². The van der Waals surface area contributed by atoms with Crippen LogP contribution in [0.25, 0.3) is 0 Å². The van der Waals surface area contributed by atoms with Gasteiger partial charge in [0.05, 0.1) is 24.8 Å². The number of carbonyl (C=O) groups excluding carboxylic acids is 1. The molecule has 100 valence electrons. The average molecular weight is 259 g/mol. The molecule has 1 aliphatic heterocycles. The number of amides is 1. The molecule has 0 bridgehead atoms. The summed E-state index contributed by atoms with van der Waals surface area (Å²) in [5.74, 6) is 0.870. The van der Waals surface area contributed by atoms with E-state index in [1.54, 1.807) is 24.3 Å². The smallest absolute Gasteiger partial charge is 0.234 e. The number of hydrogen-bond donors (Lipinski definition) is 1. The van der Waals surface area contributed by atoms with Crippen molar-refractivity contribution in [2.75, 3.05) is 32.8 Å². The van der Waals surface area contributed by atoms with E-state index < -0.39 is 0 Å². The standard InChI is InChI=1S/C14H17N3O2/c15-10-12-2-4-13(5-3-12)19-9-1-7-17-8-6-16-14(18)11-17/h2-5H,1,6-9,11H2,(H,16,18). The summed E-state index contributed by atoms with van der Waals surface area (Å²) in [7, 11) is 0. The minimum atomic E-state index is 0.0965. The van der Waals surface area contributed by atoms with Crippen molar-refractivity contribution in [1.29, 1.82) is 5.26 Å². The van der Waals surface area contributed by atoms with Crippen LogP contribution in [0.2, 0.25) is 0 Å². The van der Waals surface area contributed by atoms with E-state index in [0.29, 0.717) is 18.7 Å². The van der Waals surface area contributed by atoms with Crippen LogP contribution in [-0.2, 0) is 4.79 Å². The molecule has 5 nitrogen and oxygen atoms in total. The summed E-state index contributed by atoms with van der Waals surface area (Å²) in [4.78, 5) is 13.3. The number of hydrogen-bond acceptors (Lipinski definition) is 4. The summed E-state index contributed by atoms with van der Waals surface area (Å²) in [6.07, 6.45) is 0.882. The van der Waals surface area contributed by atoms with Crippen molar-refractivity contribution in [3.8, 4) is 11.8 Å². The van der Waals surface area contributed by atoms with Crippen molar-refractivity contribution in [2.24, 2.45) is 0 Å². The van der Waals surface area contributed by atoms with E-state index in [-0.39, 0.29) is 5.91 Å². The molecule has 19 heavy (non-hydrogen) atoms. The van der Waals surface area contributed by atoms with Crippen LogP contribution in [0, 0.1) is 11.3 Å². The van der Waals surface area contributed by atoms with E-state index >= 15 is 0 Å². The molecule has 0 aromatic heterocycles. The Morgan fingerprint density at radius 2 is 2.16 bits per heavy atom. The maximum Gasteiger partial charge on any atom is 0.234 e. The van der Waals surface area contributed by atoms with Gasteiger partial charge in [0, 0.05) is 19.6 Å². The Balaban J connectivity index is 1.66. The van der Waals surface area contributed by atoms with Crippen LogP contribution in [0.3, 0.4) is 0 Å². The van der Waals surface area contributed by atoms with E-state index in [4.69, 9.17) is 10.00 Å². The topological polar surface area (TPSA) is 65.4 Å². The number of benzene rings is 1. The number of nitriles is 1. The lowest BCUT2D eigenvalue weighted by Crippen LogP contribution is -2.47. The van der Waals surface area contributed by atoms with Gasteiger partial charge < -0.3 is 10.1 Å². The van der Waals surface area contributed by atoms with Crippen LogP contribution in [0.4, 0.5) is 0 Å². The fourth-order valence-electron chi connectivity index (χ4n) is 1.99. The highest BCUT2D eigenvalue weighted by Crippen LogP contribution is 2.11. The fourth-order valence-corrected chi connectivity index (χ4v) is 1.99. The van der Waals surface area contributed by atoms with Gasteiger partial charge in [-0.2, -0.15) is 5.26 Å². The number of nitrogens with one attached hydrogen (secondary N) is 1. The second kappa shape index (κ2) is 6.76. The number of ether oxygens (including phenoxy) is 1. The fraction of sp³-hybridized carbons (Fsp3) is 0.429. The van der Waals surface area contributed by atoms with Gasteiger partial charge in [0.1, 0.15) is 5.75 Å².